The third kappa shape index (κ3) is 2.59. The van der Waals surface area contributed by atoms with Crippen molar-refractivity contribution in [2.24, 2.45) is 11.8 Å². The Bertz CT molecular complexity index is 755. The molecule has 2 heterocycles. The molecule has 140 valence electrons. The number of carbonyl (C=O) groups excluding carboxylic acids is 3. The van der Waals surface area contributed by atoms with Crippen LogP contribution in [-0.2, 0) is 14.4 Å². The SMILES string of the molecule is CCN1C(=O)[C@H]2[C@@H](c3ccccc3O)[NH2+][C@@](CCSC)(C(=O)[O-])[C@@H]2C1=O. The van der Waals surface area contributed by atoms with Gasteiger partial charge in [0.15, 0.2) is 5.54 Å². The van der Waals surface area contributed by atoms with Crippen LogP contribution in [-0.4, -0.2) is 51.9 Å². The first kappa shape index (κ1) is 18.7. The molecule has 1 aromatic carbocycles. The topological polar surface area (TPSA) is 114 Å². The fraction of sp³-hybridized carbons (Fsp3) is 0.500. The molecule has 3 N–H and O–H groups in total. The molecule has 0 bridgehead atoms. The molecule has 2 amide bonds. The van der Waals surface area contributed by atoms with Gasteiger partial charge in [-0.05, 0) is 31.1 Å². The van der Waals surface area contributed by atoms with Gasteiger partial charge in [-0.3, -0.25) is 14.5 Å². The maximum atomic E-state index is 12.9. The molecule has 0 aromatic heterocycles. The van der Waals surface area contributed by atoms with E-state index in [0.717, 1.165) is 4.90 Å². The first-order valence-electron chi connectivity index (χ1n) is 8.58. The number of nitrogens with two attached hydrogens (primary N) is 1. The van der Waals surface area contributed by atoms with E-state index in [1.54, 1.807) is 30.4 Å². The van der Waals surface area contributed by atoms with Gasteiger partial charge in [-0.15, -0.1) is 0 Å². The summed E-state index contributed by atoms with van der Waals surface area (Å²) in [4.78, 5) is 39.1. The summed E-state index contributed by atoms with van der Waals surface area (Å²) in [5.41, 5.74) is -1.05. The molecule has 4 atom stereocenters. The van der Waals surface area contributed by atoms with Crippen LogP contribution >= 0.6 is 11.8 Å². The maximum Gasteiger partial charge on any atom is 0.240 e. The average molecular weight is 378 g/mol. The van der Waals surface area contributed by atoms with Crippen molar-refractivity contribution in [2.45, 2.75) is 24.9 Å². The zero-order chi connectivity index (χ0) is 19.1. The molecule has 2 aliphatic heterocycles. The molecule has 8 heteroatoms. The molecule has 0 saturated carbocycles. The quantitative estimate of drug-likeness (QED) is 0.606. The molecule has 0 spiro atoms. The second kappa shape index (κ2) is 6.92. The predicted molar refractivity (Wildman–Crippen MR) is 92.9 cm³/mol. The third-order valence-corrected chi connectivity index (χ3v) is 6.19. The smallest absolute Gasteiger partial charge is 0.240 e. The van der Waals surface area contributed by atoms with Gasteiger partial charge in [0.05, 0.1) is 5.56 Å². The Balaban J connectivity index is 2.14. The largest absolute Gasteiger partial charge is 0.544 e. The molecule has 0 unspecified atom stereocenters. The van der Waals surface area contributed by atoms with Crippen molar-refractivity contribution >= 4 is 29.5 Å². The van der Waals surface area contributed by atoms with Crippen molar-refractivity contribution in [3.8, 4) is 5.75 Å². The number of imide groups is 1. The van der Waals surface area contributed by atoms with Gasteiger partial charge in [0.2, 0.25) is 11.8 Å². The Morgan fingerprint density at radius 2 is 2.04 bits per heavy atom. The number of carboxylic acids is 1. The number of para-hydroxylation sites is 1. The molecule has 0 radical (unpaired) electrons. The van der Waals surface area contributed by atoms with Gasteiger partial charge >= 0.3 is 0 Å². The van der Waals surface area contributed by atoms with E-state index >= 15 is 0 Å². The number of likely N-dealkylation sites (tertiary alicyclic amines) is 1. The summed E-state index contributed by atoms with van der Waals surface area (Å²) < 4.78 is 0. The van der Waals surface area contributed by atoms with Crippen LogP contribution in [0.3, 0.4) is 0 Å². The monoisotopic (exact) mass is 378 g/mol. The maximum absolute atomic E-state index is 12.9. The first-order valence-corrected chi connectivity index (χ1v) is 9.98. The van der Waals surface area contributed by atoms with Crippen molar-refractivity contribution in [3.05, 3.63) is 29.8 Å². The standard InChI is InChI=1S/C18H22N2O5S/c1-3-20-15(22)12-13(16(20)23)18(17(24)25,8-9-26-2)19-14(12)10-6-4-5-7-11(10)21/h4-7,12-14,19,21H,3,8-9H2,1-2H3,(H,24,25)/t12-,13+,14-,18-/m1/s1. The average Bonchev–Trinajstić information content (AvgIpc) is 3.08. The molecular weight excluding hydrogens is 356 g/mol. The highest BCUT2D eigenvalue weighted by Crippen LogP contribution is 2.46. The number of hydrogen-bond donors (Lipinski definition) is 2. The molecule has 2 saturated heterocycles. The number of quaternary nitrogens is 1. The number of amides is 2. The number of carboxylic acid groups (broad SMARTS) is 1. The van der Waals surface area contributed by atoms with E-state index < -0.39 is 35.3 Å². The van der Waals surface area contributed by atoms with Gasteiger partial charge in [-0.2, -0.15) is 11.8 Å². The van der Waals surface area contributed by atoms with Gasteiger partial charge in [0, 0.05) is 13.0 Å². The highest BCUT2D eigenvalue weighted by molar-refractivity contribution is 7.98. The highest BCUT2D eigenvalue weighted by Gasteiger charge is 2.69. The van der Waals surface area contributed by atoms with Crippen LogP contribution in [0.15, 0.2) is 24.3 Å². The number of nitrogens with zero attached hydrogens (tertiary/aromatic N) is 1. The summed E-state index contributed by atoms with van der Waals surface area (Å²) in [5, 5.41) is 24.0. The normalized spacial score (nSPS) is 30.7. The lowest BCUT2D eigenvalue weighted by Crippen LogP contribution is -2.99. The number of rotatable bonds is 6. The van der Waals surface area contributed by atoms with E-state index in [2.05, 4.69) is 0 Å². The van der Waals surface area contributed by atoms with Crippen molar-refractivity contribution in [1.82, 2.24) is 4.90 Å². The number of carbonyl (C=O) groups is 3. The van der Waals surface area contributed by atoms with Crippen LogP contribution in [0.1, 0.15) is 24.9 Å². The van der Waals surface area contributed by atoms with E-state index in [9.17, 15) is 24.6 Å². The molecule has 7 nitrogen and oxygen atoms in total. The number of fused-ring (bicyclic) bond motifs is 1. The Morgan fingerprint density at radius 3 is 2.62 bits per heavy atom. The number of phenolic OH excluding ortho intramolecular Hbond substituents is 1. The fourth-order valence-electron chi connectivity index (χ4n) is 4.35. The van der Waals surface area contributed by atoms with Crippen molar-refractivity contribution in [2.75, 3.05) is 18.6 Å². The molecule has 1 aromatic rings. The van der Waals surface area contributed by atoms with Crippen LogP contribution < -0.4 is 10.4 Å². The Morgan fingerprint density at radius 1 is 1.35 bits per heavy atom. The molecule has 2 fully saturated rings. The van der Waals surface area contributed by atoms with Crippen LogP contribution in [0, 0.1) is 11.8 Å². The van der Waals surface area contributed by atoms with E-state index in [1.807, 2.05) is 6.26 Å². The lowest BCUT2D eigenvalue weighted by atomic mass is 9.78. The van der Waals surface area contributed by atoms with E-state index in [-0.39, 0.29) is 24.6 Å². The summed E-state index contributed by atoms with van der Waals surface area (Å²) in [6.45, 7) is 1.89. The van der Waals surface area contributed by atoms with Gasteiger partial charge < -0.3 is 20.3 Å². The van der Waals surface area contributed by atoms with Crippen molar-refractivity contribution in [3.63, 3.8) is 0 Å². The van der Waals surface area contributed by atoms with Gasteiger partial charge in [-0.1, -0.05) is 12.1 Å². The lowest BCUT2D eigenvalue weighted by Gasteiger charge is -2.32. The van der Waals surface area contributed by atoms with Crippen molar-refractivity contribution < 1.29 is 29.9 Å². The zero-order valence-electron chi connectivity index (χ0n) is 14.7. The first-order chi connectivity index (χ1) is 12.4. The summed E-state index contributed by atoms with van der Waals surface area (Å²) in [7, 11) is 0. The summed E-state index contributed by atoms with van der Waals surface area (Å²) in [5.74, 6) is -3.47. The fourth-order valence-corrected chi connectivity index (χ4v) is 4.90. The second-order valence-electron chi connectivity index (χ2n) is 6.75. The number of thioether (sulfide) groups is 1. The molecule has 26 heavy (non-hydrogen) atoms. The van der Waals surface area contributed by atoms with Gasteiger partial charge in [0.1, 0.15) is 29.6 Å². The lowest BCUT2D eigenvalue weighted by molar-refractivity contribution is -0.739. The number of benzene rings is 1. The highest BCUT2D eigenvalue weighted by atomic mass is 32.2. The molecule has 0 aliphatic carbocycles. The number of aromatic hydroxyl groups is 1. The molecule has 3 rings (SSSR count). The van der Waals surface area contributed by atoms with E-state index in [1.165, 1.54) is 17.8 Å². The third-order valence-electron chi connectivity index (χ3n) is 5.57. The number of aliphatic carboxylic acids is 1. The summed E-state index contributed by atoms with van der Waals surface area (Å²) in [6.07, 6.45) is 2.06. The number of hydrogen-bond acceptors (Lipinski definition) is 6. The van der Waals surface area contributed by atoms with Crippen LogP contribution in [0.25, 0.3) is 0 Å². The van der Waals surface area contributed by atoms with Gasteiger partial charge in [-0.25, -0.2) is 0 Å². The molecular formula is C18H22N2O5S. The Labute approximate surface area is 155 Å². The minimum absolute atomic E-state index is 0.0123. The van der Waals surface area contributed by atoms with E-state index in [0.29, 0.717) is 11.3 Å². The minimum Gasteiger partial charge on any atom is -0.544 e. The van der Waals surface area contributed by atoms with Crippen molar-refractivity contribution in [1.29, 1.82) is 0 Å². The Kier molecular flexibility index (Phi) is 4.98. The van der Waals surface area contributed by atoms with Gasteiger partial charge in [0.25, 0.3) is 0 Å². The molecule has 2 aliphatic rings. The number of phenols is 1. The van der Waals surface area contributed by atoms with Crippen LogP contribution in [0.4, 0.5) is 0 Å². The Hall–Kier alpha value is -2.06. The predicted octanol–water partition coefficient (Wildman–Crippen LogP) is -1.13. The zero-order valence-corrected chi connectivity index (χ0v) is 15.5. The van der Waals surface area contributed by atoms with E-state index in [4.69, 9.17) is 0 Å². The summed E-state index contributed by atoms with van der Waals surface area (Å²) in [6, 6.07) is 5.90. The van der Waals surface area contributed by atoms with Crippen LogP contribution in [0.5, 0.6) is 5.75 Å². The summed E-state index contributed by atoms with van der Waals surface area (Å²) >= 11 is 1.48. The minimum atomic E-state index is -1.52. The van der Waals surface area contributed by atoms with Crippen LogP contribution in [0.2, 0.25) is 0 Å². The second-order valence-corrected chi connectivity index (χ2v) is 7.73.